The van der Waals surface area contributed by atoms with Crippen LogP contribution in [0.2, 0.25) is 5.02 Å². The number of fused-ring (bicyclic) bond motifs is 4. The van der Waals surface area contributed by atoms with Crippen LogP contribution in [0.25, 0.3) is 22.3 Å². The van der Waals surface area contributed by atoms with Crippen LogP contribution in [-0.4, -0.2) is 51.7 Å². The van der Waals surface area contributed by atoms with Crippen molar-refractivity contribution < 1.29 is 4.74 Å². The number of aromatic amines is 1. The van der Waals surface area contributed by atoms with Crippen molar-refractivity contribution in [3.8, 4) is 11.3 Å². The second kappa shape index (κ2) is 9.20. The first-order chi connectivity index (χ1) is 16.5. The molecule has 0 radical (unpaired) electrons. The van der Waals surface area contributed by atoms with Gasteiger partial charge in [-0.05, 0) is 30.7 Å². The lowest BCUT2D eigenvalue weighted by atomic mass is 10.0. The number of nitrogens with one attached hydrogen (secondary N) is 2. The molecule has 4 heterocycles. The topological polar surface area (TPSA) is 129 Å². The molecule has 4 bridgehead atoms. The number of nitrogen functional groups attached to an aromatic ring is 1. The zero-order valence-electron chi connectivity index (χ0n) is 18.4. The molecular weight excluding hydrogens is 452 g/mol. The first-order valence-corrected chi connectivity index (χ1v) is 11.2. The molecule has 0 spiro atoms. The van der Waals surface area contributed by atoms with E-state index in [1.165, 1.54) is 6.21 Å². The number of benzene rings is 1. The number of pyridine rings is 1. The molecule has 4 N–H and O–H groups in total. The lowest BCUT2D eigenvalue weighted by molar-refractivity contribution is 0.0787. The van der Waals surface area contributed by atoms with E-state index in [-0.39, 0.29) is 11.9 Å². The SMILES string of the molecule is CC1N=CC(C=N)c2cnc3[nH]cc(c3c2)-c2cc(nc(N)n2)N(c2ccccc2Cl)CCO1. The highest BCUT2D eigenvalue weighted by molar-refractivity contribution is 6.33. The summed E-state index contributed by atoms with van der Waals surface area (Å²) in [6, 6.07) is 11.4. The van der Waals surface area contributed by atoms with Gasteiger partial charge in [-0.2, -0.15) is 4.98 Å². The van der Waals surface area contributed by atoms with Gasteiger partial charge >= 0.3 is 0 Å². The summed E-state index contributed by atoms with van der Waals surface area (Å²) in [4.78, 5) is 23.2. The molecule has 34 heavy (non-hydrogen) atoms. The van der Waals surface area contributed by atoms with Crippen molar-refractivity contribution in [3.63, 3.8) is 0 Å². The molecule has 3 aromatic heterocycles. The number of hydrogen-bond acceptors (Lipinski definition) is 8. The highest BCUT2D eigenvalue weighted by Gasteiger charge is 2.19. The van der Waals surface area contributed by atoms with Gasteiger partial charge in [-0.25, -0.2) is 9.97 Å². The summed E-state index contributed by atoms with van der Waals surface area (Å²) >= 11 is 6.54. The Bertz CT molecular complexity index is 1380. The number of nitrogens with zero attached hydrogens (tertiary/aromatic N) is 5. The zero-order chi connectivity index (χ0) is 23.7. The number of aliphatic imine (C=N–C) groups is 1. The molecule has 4 aromatic rings. The van der Waals surface area contributed by atoms with E-state index < -0.39 is 6.23 Å². The summed E-state index contributed by atoms with van der Waals surface area (Å²) in [7, 11) is 0. The van der Waals surface area contributed by atoms with Gasteiger partial charge in [0.25, 0.3) is 0 Å². The number of hydrogen-bond donors (Lipinski definition) is 3. The van der Waals surface area contributed by atoms with Crippen molar-refractivity contribution in [2.45, 2.75) is 19.1 Å². The van der Waals surface area contributed by atoms with Crippen LogP contribution < -0.4 is 10.6 Å². The number of aromatic nitrogens is 4. The zero-order valence-corrected chi connectivity index (χ0v) is 19.2. The fourth-order valence-corrected chi connectivity index (χ4v) is 4.21. The molecule has 5 rings (SSSR count). The monoisotopic (exact) mass is 474 g/mol. The maximum atomic E-state index is 7.90. The third-order valence-electron chi connectivity index (χ3n) is 5.67. The number of para-hydroxylation sites is 1. The van der Waals surface area contributed by atoms with Crippen LogP contribution in [0, 0.1) is 5.41 Å². The van der Waals surface area contributed by atoms with E-state index in [1.807, 2.05) is 54.4 Å². The average Bonchev–Trinajstić information content (AvgIpc) is 3.25. The fraction of sp³-hybridized carbons (Fsp3) is 0.208. The number of H-pyrrole nitrogens is 1. The third kappa shape index (κ3) is 4.23. The normalized spacial score (nSPS) is 18.6. The number of ether oxygens (including phenoxy) is 1. The molecule has 2 atom stereocenters. The van der Waals surface area contributed by atoms with E-state index in [2.05, 4.69) is 24.9 Å². The van der Waals surface area contributed by atoms with Crippen molar-refractivity contribution in [2.24, 2.45) is 4.99 Å². The Morgan fingerprint density at radius 3 is 2.94 bits per heavy atom. The van der Waals surface area contributed by atoms with Crippen LogP contribution in [0.1, 0.15) is 18.4 Å². The summed E-state index contributed by atoms with van der Waals surface area (Å²) in [5, 5.41) is 9.35. The van der Waals surface area contributed by atoms with Gasteiger partial charge in [0, 0.05) is 48.4 Å². The summed E-state index contributed by atoms with van der Waals surface area (Å²) in [6.45, 7) is 2.69. The van der Waals surface area contributed by atoms with Gasteiger partial charge in [0.15, 0.2) is 0 Å². The van der Waals surface area contributed by atoms with Crippen molar-refractivity contribution >= 4 is 52.5 Å². The Balaban J connectivity index is 1.71. The molecule has 10 heteroatoms. The quantitative estimate of drug-likeness (QED) is 0.365. The summed E-state index contributed by atoms with van der Waals surface area (Å²) in [6.07, 6.45) is 6.25. The van der Waals surface area contributed by atoms with Gasteiger partial charge in [0.1, 0.15) is 17.7 Å². The van der Waals surface area contributed by atoms with Crippen LogP contribution in [0.5, 0.6) is 0 Å². The molecule has 1 aliphatic heterocycles. The first-order valence-electron chi connectivity index (χ1n) is 10.8. The van der Waals surface area contributed by atoms with E-state index in [0.29, 0.717) is 35.3 Å². The predicted octanol–water partition coefficient (Wildman–Crippen LogP) is 4.57. The summed E-state index contributed by atoms with van der Waals surface area (Å²) in [5.41, 5.74) is 9.97. The second-order valence-corrected chi connectivity index (χ2v) is 8.31. The van der Waals surface area contributed by atoms with E-state index in [4.69, 9.17) is 27.5 Å². The number of rotatable bonds is 2. The largest absolute Gasteiger partial charge is 0.368 e. The van der Waals surface area contributed by atoms with Crippen molar-refractivity contribution in [1.29, 1.82) is 5.41 Å². The lowest BCUT2D eigenvalue weighted by Gasteiger charge is -2.25. The molecule has 0 saturated heterocycles. The van der Waals surface area contributed by atoms with Gasteiger partial charge in [-0.3, -0.25) is 4.99 Å². The minimum atomic E-state index is -0.397. The Kier molecular flexibility index (Phi) is 5.95. The molecule has 1 aromatic carbocycles. The minimum Gasteiger partial charge on any atom is -0.368 e. The molecule has 0 fully saturated rings. The fourth-order valence-electron chi connectivity index (χ4n) is 3.97. The highest BCUT2D eigenvalue weighted by Crippen LogP contribution is 2.35. The van der Waals surface area contributed by atoms with Crippen molar-refractivity contribution in [2.75, 3.05) is 23.8 Å². The summed E-state index contributed by atoms with van der Waals surface area (Å²) in [5.74, 6) is 0.407. The molecule has 2 unspecified atom stereocenters. The molecule has 0 aliphatic carbocycles. The molecule has 0 saturated carbocycles. The Morgan fingerprint density at radius 2 is 2.12 bits per heavy atom. The van der Waals surface area contributed by atoms with Crippen LogP contribution in [0.3, 0.4) is 0 Å². The molecule has 172 valence electrons. The van der Waals surface area contributed by atoms with Gasteiger partial charge in [0.05, 0.1) is 28.9 Å². The smallest absolute Gasteiger partial charge is 0.222 e. The molecule has 9 nitrogen and oxygen atoms in total. The van der Waals surface area contributed by atoms with E-state index >= 15 is 0 Å². The van der Waals surface area contributed by atoms with Crippen LogP contribution >= 0.6 is 11.6 Å². The van der Waals surface area contributed by atoms with Crippen LogP contribution in [0.15, 0.2) is 53.8 Å². The molecule has 1 aliphatic rings. The Hall–Kier alpha value is -3.82. The first kappa shape index (κ1) is 22.0. The van der Waals surface area contributed by atoms with Crippen molar-refractivity contribution in [1.82, 2.24) is 19.9 Å². The van der Waals surface area contributed by atoms with Crippen LogP contribution in [0.4, 0.5) is 17.5 Å². The maximum absolute atomic E-state index is 7.90. The second-order valence-electron chi connectivity index (χ2n) is 7.90. The molecule has 0 amide bonds. The molecular formula is C24H23ClN8O. The van der Waals surface area contributed by atoms with Gasteiger partial charge in [-0.1, -0.05) is 23.7 Å². The summed E-state index contributed by atoms with van der Waals surface area (Å²) < 4.78 is 5.94. The lowest BCUT2D eigenvalue weighted by Crippen LogP contribution is -2.25. The third-order valence-corrected chi connectivity index (χ3v) is 5.99. The Labute approximate surface area is 201 Å². The Morgan fingerprint density at radius 1 is 1.26 bits per heavy atom. The van der Waals surface area contributed by atoms with Gasteiger partial charge in [-0.15, -0.1) is 0 Å². The highest BCUT2D eigenvalue weighted by atomic mass is 35.5. The van der Waals surface area contributed by atoms with Gasteiger partial charge in [0.2, 0.25) is 5.95 Å². The number of halogens is 1. The minimum absolute atomic E-state index is 0.141. The van der Waals surface area contributed by atoms with Crippen molar-refractivity contribution in [3.05, 3.63) is 59.4 Å². The van der Waals surface area contributed by atoms with Crippen LogP contribution in [-0.2, 0) is 4.74 Å². The van der Waals surface area contributed by atoms with E-state index in [1.54, 1.807) is 12.4 Å². The number of nitrogens with two attached hydrogens (primary N) is 1. The average molecular weight is 475 g/mol. The van der Waals surface area contributed by atoms with E-state index in [9.17, 15) is 0 Å². The standard InChI is InChI=1S/C24H23ClN8O/c1-14-28-12-16(10-26)15-8-17-18(13-30-23(17)29-11-15)20-9-22(32-24(27)31-20)33(6-7-34-14)21-5-3-2-4-19(21)25/h2-5,8-14,16,26H,6-7H2,1H3,(H,29,30)(H2,27,31,32). The van der Waals surface area contributed by atoms with E-state index in [0.717, 1.165) is 22.2 Å². The predicted molar refractivity (Wildman–Crippen MR) is 135 cm³/mol. The van der Waals surface area contributed by atoms with Gasteiger partial charge < -0.3 is 25.8 Å². The maximum Gasteiger partial charge on any atom is 0.222 e. The number of anilines is 3.